The maximum atomic E-state index is 12.3. The van der Waals surface area contributed by atoms with E-state index in [0.29, 0.717) is 31.8 Å². The Labute approximate surface area is 150 Å². The highest BCUT2D eigenvalue weighted by atomic mass is 16.5. The number of hydrogen-bond donors (Lipinski definition) is 2. The van der Waals surface area contributed by atoms with Gasteiger partial charge in [-0.25, -0.2) is 0 Å². The summed E-state index contributed by atoms with van der Waals surface area (Å²) in [4.78, 5) is 12.3. The number of ether oxygens (including phenoxy) is 2. The van der Waals surface area contributed by atoms with Crippen LogP contribution < -0.4 is 0 Å². The molecule has 8 atom stereocenters. The molecule has 142 valence electrons. The maximum absolute atomic E-state index is 12.3. The van der Waals surface area contributed by atoms with Crippen molar-refractivity contribution in [3.8, 4) is 0 Å². The molecule has 25 heavy (non-hydrogen) atoms. The number of cyclic esters (lactones) is 1. The van der Waals surface area contributed by atoms with Gasteiger partial charge in [0.1, 0.15) is 0 Å². The fourth-order valence-electron chi connectivity index (χ4n) is 6.66. The molecule has 5 heteroatoms. The van der Waals surface area contributed by atoms with Crippen LogP contribution >= 0.6 is 0 Å². The van der Waals surface area contributed by atoms with Gasteiger partial charge in [-0.3, -0.25) is 4.79 Å². The first-order valence-corrected chi connectivity index (χ1v) is 9.99. The van der Waals surface area contributed by atoms with Gasteiger partial charge in [-0.15, -0.1) is 0 Å². The van der Waals surface area contributed by atoms with E-state index in [0.717, 1.165) is 32.5 Å². The van der Waals surface area contributed by atoms with Gasteiger partial charge >= 0.3 is 5.97 Å². The van der Waals surface area contributed by atoms with Crippen molar-refractivity contribution in [1.82, 2.24) is 0 Å². The van der Waals surface area contributed by atoms with Crippen LogP contribution in [-0.2, 0) is 14.3 Å². The highest BCUT2D eigenvalue weighted by Gasteiger charge is 2.67. The van der Waals surface area contributed by atoms with Crippen molar-refractivity contribution in [2.24, 2.45) is 34.5 Å². The zero-order chi connectivity index (χ0) is 17.8. The average Bonchev–Trinajstić information content (AvgIpc) is 3.19. The Morgan fingerprint density at radius 3 is 2.72 bits per heavy atom. The van der Waals surface area contributed by atoms with Gasteiger partial charge in [-0.05, 0) is 55.8 Å². The van der Waals surface area contributed by atoms with Crippen LogP contribution in [0.1, 0.15) is 52.4 Å². The number of aliphatic hydroxyl groups excluding tert-OH is 2. The molecule has 2 saturated heterocycles. The summed E-state index contributed by atoms with van der Waals surface area (Å²) in [6, 6.07) is 0. The van der Waals surface area contributed by atoms with Gasteiger partial charge in [0, 0.05) is 24.5 Å². The minimum atomic E-state index is -0.441. The molecule has 2 saturated carbocycles. The molecular formula is C20H32O5. The number of rotatable bonds is 3. The minimum Gasteiger partial charge on any atom is -0.465 e. The SMILES string of the molecule is CC1C(O)CC23COC(=O)C2CCC(O)C3C1(C)CCC1CCOC1. The van der Waals surface area contributed by atoms with Crippen molar-refractivity contribution < 1.29 is 24.5 Å². The largest absolute Gasteiger partial charge is 0.465 e. The molecule has 0 aromatic heterocycles. The number of aliphatic hydroxyl groups is 2. The van der Waals surface area contributed by atoms with Crippen molar-refractivity contribution in [2.45, 2.75) is 64.6 Å². The van der Waals surface area contributed by atoms with E-state index in [1.54, 1.807) is 0 Å². The summed E-state index contributed by atoms with van der Waals surface area (Å²) in [5.41, 5.74) is -0.575. The van der Waals surface area contributed by atoms with Crippen LogP contribution in [0.5, 0.6) is 0 Å². The van der Waals surface area contributed by atoms with Crippen molar-refractivity contribution in [2.75, 3.05) is 19.8 Å². The Morgan fingerprint density at radius 2 is 2.00 bits per heavy atom. The molecule has 4 aliphatic rings. The molecule has 0 bridgehead atoms. The summed E-state index contributed by atoms with van der Waals surface area (Å²) in [5.74, 6) is 0.430. The molecule has 0 amide bonds. The predicted molar refractivity (Wildman–Crippen MR) is 91.7 cm³/mol. The molecule has 2 aliphatic heterocycles. The third-order valence-electron chi connectivity index (χ3n) is 8.25. The molecule has 0 aromatic carbocycles. The van der Waals surface area contributed by atoms with Crippen LogP contribution in [0.3, 0.4) is 0 Å². The number of carbonyl (C=O) groups excluding carboxylic acids is 1. The van der Waals surface area contributed by atoms with E-state index < -0.39 is 12.2 Å². The van der Waals surface area contributed by atoms with Gasteiger partial charge in [-0.2, -0.15) is 0 Å². The Hall–Kier alpha value is -0.650. The van der Waals surface area contributed by atoms with E-state index in [1.807, 2.05) is 0 Å². The summed E-state index contributed by atoms with van der Waals surface area (Å²) in [7, 11) is 0. The number of hydrogen-bond acceptors (Lipinski definition) is 5. The molecule has 4 fully saturated rings. The second-order valence-corrected chi connectivity index (χ2v) is 9.35. The zero-order valence-corrected chi connectivity index (χ0v) is 15.4. The molecule has 0 aromatic rings. The number of esters is 1. The standard InChI is InChI=1S/C20H32O5/c1-12-16(22)9-20-11-25-18(23)14(20)3-4-15(21)17(20)19(12,2)7-5-13-6-8-24-10-13/h12-17,21-22H,3-11H2,1-2H3. The van der Waals surface area contributed by atoms with Crippen molar-refractivity contribution in [3.63, 3.8) is 0 Å². The first-order valence-electron chi connectivity index (χ1n) is 9.99. The lowest BCUT2D eigenvalue weighted by Gasteiger charge is -2.61. The summed E-state index contributed by atoms with van der Waals surface area (Å²) in [6.45, 7) is 6.40. The van der Waals surface area contributed by atoms with E-state index in [9.17, 15) is 15.0 Å². The van der Waals surface area contributed by atoms with Crippen molar-refractivity contribution >= 4 is 5.97 Å². The van der Waals surface area contributed by atoms with Crippen LogP contribution in [0.2, 0.25) is 0 Å². The third kappa shape index (κ3) is 2.57. The van der Waals surface area contributed by atoms with Crippen LogP contribution in [-0.4, -0.2) is 48.2 Å². The first kappa shape index (κ1) is 17.7. The Kier molecular flexibility index (Phi) is 4.41. The van der Waals surface area contributed by atoms with Gasteiger partial charge in [-0.1, -0.05) is 13.8 Å². The van der Waals surface area contributed by atoms with Gasteiger partial charge < -0.3 is 19.7 Å². The normalized spacial score (nSPS) is 52.6. The van der Waals surface area contributed by atoms with Crippen LogP contribution in [0.25, 0.3) is 0 Å². The Morgan fingerprint density at radius 1 is 1.20 bits per heavy atom. The highest BCUT2D eigenvalue weighted by molar-refractivity contribution is 5.76. The summed E-state index contributed by atoms with van der Waals surface area (Å²) < 4.78 is 11.0. The lowest BCUT2D eigenvalue weighted by Crippen LogP contribution is -2.63. The van der Waals surface area contributed by atoms with Crippen molar-refractivity contribution in [3.05, 3.63) is 0 Å². The highest BCUT2D eigenvalue weighted by Crippen LogP contribution is 2.65. The lowest BCUT2D eigenvalue weighted by atomic mass is 9.43. The van der Waals surface area contributed by atoms with Crippen LogP contribution in [0.15, 0.2) is 0 Å². The molecule has 2 N–H and O–H groups in total. The molecule has 0 radical (unpaired) electrons. The second kappa shape index (κ2) is 6.21. The van der Waals surface area contributed by atoms with E-state index in [2.05, 4.69) is 13.8 Å². The Balaban J connectivity index is 1.66. The minimum absolute atomic E-state index is 0.0194. The molecule has 2 aliphatic carbocycles. The van der Waals surface area contributed by atoms with Gasteiger partial charge in [0.2, 0.25) is 0 Å². The van der Waals surface area contributed by atoms with Crippen LogP contribution in [0.4, 0.5) is 0 Å². The van der Waals surface area contributed by atoms with Crippen LogP contribution in [0, 0.1) is 34.5 Å². The van der Waals surface area contributed by atoms with Gasteiger partial charge in [0.25, 0.3) is 0 Å². The molecule has 5 nitrogen and oxygen atoms in total. The zero-order valence-electron chi connectivity index (χ0n) is 15.4. The lowest BCUT2D eigenvalue weighted by molar-refractivity contribution is -0.198. The Bertz CT molecular complexity index is 530. The monoisotopic (exact) mass is 352 g/mol. The molecule has 2 heterocycles. The molecular weight excluding hydrogens is 320 g/mol. The molecule has 8 unspecified atom stereocenters. The van der Waals surface area contributed by atoms with E-state index in [4.69, 9.17) is 9.47 Å². The molecule has 4 rings (SSSR count). The van der Waals surface area contributed by atoms with E-state index in [-0.39, 0.29) is 34.6 Å². The van der Waals surface area contributed by atoms with Crippen molar-refractivity contribution in [1.29, 1.82) is 0 Å². The number of carbonyl (C=O) groups is 1. The average molecular weight is 352 g/mol. The summed E-state index contributed by atoms with van der Waals surface area (Å²) in [6.07, 6.45) is 4.20. The third-order valence-corrected chi connectivity index (χ3v) is 8.25. The fourth-order valence-corrected chi connectivity index (χ4v) is 6.66. The van der Waals surface area contributed by atoms with E-state index in [1.165, 1.54) is 0 Å². The second-order valence-electron chi connectivity index (χ2n) is 9.35. The van der Waals surface area contributed by atoms with E-state index >= 15 is 0 Å². The quantitative estimate of drug-likeness (QED) is 0.761. The summed E-state index contributed by atoms with van der Waals surface area (Å²) >= 11 is 0. The molecule has 1 spiro atoms. The van der Waals surface area contributed by atoms with Gasteiger partial charge in [0.05, 0.1) is 24.7 Å². The maximum Gasteiger partial charge on any atom is 0.309 e. The smallest absolute Gasteiger partial charge is 0.309 e. The topological polar surface area (TPSA) is 76.0 Å². The first-order chi connectivity index (χ1) is 11.9. The summed E-state index contributed by atoms with van der Waals surface area (Å²) in [5, 5.41) is 21.9. The predicted octanol–water partition coefficient (Wildman–Crippen LogP) is 2.14. The van der Waals surface area contributed by atoms with Gasteiger partial charge in [0.15, 0.2) is 0 Å². The fraction of sp³-hybridized carbons (Fsp3) is 0.950.